The fourth-order valence-corrected chi connectivity index (χ4v) is 1.23. The molecule has 0 spiro atoms. The summed E-state index contributed by atoms with van der Waals surface area (Å²) in [5.41, 5.74) is 0.845. The van der Waals surface area contributed by atoms with Gasteiger partial charge in [-0.2, -0.15) is 0 Å². The first-order chi connectivity index (χ1) is 8.72. The highest BCUT2D eigenvalue weighted by molar-refractivity contribution is 5.91. The lowest BCUT2D eigenvalue weighted by Crippen LogP contribution is -2.24. The second-order valence-corrected chi connectivity index (χ2v) is 3.47. The summed E-state index contributed by atoms with van der Waals surface area (Å²) in [6.07, 6.45) is 6.56. The zero-order valence-corrected chi connectivity index (χ0v) is 10.3. The molecule has 0 aromatic carbocycles. The van der Waals surface area contributed by atoms with E-state index in [9.17, 15) is 9.59 Å². The fourth-order valence-electron chi connectivity index (χ4n) is 1.23. The lowest BCUT2D eigenvalue weighted by molar-refractivity contribution is -0.142. The Morgan fingerprint density at radius 3 is 3.00 bits per heavy atom. The first-order valence-electron chi connectivity index (χ1n) is 5.74. The zero-order chi connectivity index (χ0) is 13.2. The summed E-state index contributed by atoms with van der Waals surface area (Å²) < 4.78 is 4.74. The summed E-state index contributed by atoms with van der Waals surface area (Å²) in [6.45, 7) is 2.37. The number of ether oxygens (including phenoxy) is 1. The van der Waals surface area contributed by atoms with Crippen molar-refractivity contribution >= 4 is 18.0 Å². The maximum Gasteiger partial charge on any atom is 0.307 e. The molecule has 0 atom stereocenters. The Morgan fingerprint density at radius 1 is 1.50 bits per heavy atom. The average molecular weight is 248 g/mol. The highest BCUT2D eigenvalue weighted by Gasteiger charge is 2.01. The summed E-state index contributed by atoms with van der Waals surface area (Å²) in [7, 11) is 0. The van der Waals surface area contributed by atoms with E-state index in [0.717, 1.165) is 5.56 Å². The molecule has 0 aliphatic heterocycles. The summed E-state index contributed by atoms with van der Waals surface area (Å²) in [5.74, 6) is -0.558. The van der Waals surface area contributed by atoms with E-state index < -0.39 is 0 Å². The van der Waals surface area contributed by atoms with Crippen LogP contribution in [0.2, 0.25) is 0 Å². The number of rotatable bonds is 6. The Bertz CT molecular complexity index is 416. The van der Waals surface area contributed by atoms with Crippen LogP contribution in [0.1, 0.15) is 18.9 Å². The molecule has 0 bridgehead atoms. The predicted molar refractivity (Wildman–Crippen MR) is 67.5 cm³/mol. The second kappa shape index (κ2) is 8.00. The molecule has 0 saturated heterocycles. The van der Waals surface area contributed by atoms with Crippen molar-refractivity contribution in [3.05, 3.63) is 36.2 Å². The number of nitrogens with zero attached hydrogens (tertiary/aromatic N) is 1. The number of pyridine rings is 1. The van der Waals surface area contributed by atoms with Gasteiger partial charge in [-0.05, 0) is 24.6 Å². The van der Waals surface area contributed by atoms with Gasteiger partial charge in [0.1, 0.15) is 0 Å². The van der Waals surface area contributed by atoms with Crippen LogP contribution >= 0.6 is 0 Å². The number of hydrogen-bond acceptors (Lipinski definition) is 4. The van der Waals surface area contributed by atoms with Gasteiger partial charge in [0.15, 0.2) is 0 Å². The summed E-state index contributed by atoms with van der Waals surface area (Å²) in [4.78, 5) is 26.3. The normalized spacial score (nSPS) is 10.3. The van der Waals surface area contributed by atoms with Gasteiger partial charge in [0.2, 0.25) is 5.91 Å². The molecule has 0 fully saturated rings. The number of carbonyl (C=O) groups excluding carboxylic acids is 2. The smallest absolute Gasteiger partial charge is 0.307 e. The van der Waals surface area contributed by atoms with Crippen LogP contribution < -0.4 is 5.32 Å². The Morgan fingerprint density at radius 2 is 2.33 bits per heavy atom. The van der Waals surface area contributed by atoms with Crippen LogP contribution in [-0.4, -0.2) is 30.0 Å². The molecule has 1 heterocycles. The molecule has 0 radical (unpaired) electrons. The Labute approximate surface area is 106 Å². The van der Waals surface area contributed by atoms with Crippen molar-refractivity contribution in [1.29, 1.82) is 0 Å². The number of aromatic nitrogens is 1. The Kier molecular flexibility index (Phi) is 6.17. The molecule has 1 aromatic rings. The van der Waals surface area contributed by atoms with E-state index in [1.165, 1.54) is 6.08 Å². The van der Waals surface area contributed by atoms with Crippen molar-refractivity contribution in [3.63, 3.8) is 0 Å². The van der Waals surface area contributed by atoms with Gasteiger partial charge in [0.25, 0.3) is 0 Å². The minimum atomic E-state index is -0.311. The van der Waals surface area contributed by atoms with Crippen molar-refractivity contribution < 1.29 is 14.3 Å². The molecule has 1 N–H and O–H groups in total. The van der Waals surface area contributed by atoms with Crippen molar-refractivity contribution in [1.82, 2.24) is 10.3 Å². The van der Waals surface area contributed by atoms with Gasteiger partial charge in [-0.15, -0.1) is 0 Å². The van der Waals surface area contributed by atoms with Crippen LogP contribution in [0.5, 0.6) is 0 Å². The van der Waals surface area contributed by atoms with Gasteiger partial charge in [0.05, 0.1) is 13.0 Å². The highest BCUT2D eigenvalue weighted by Crippen LogP contribution is 1.97. The molecular formula is C13H16N2O3. The number of amides is 1. The number of esters is 1. The maximum atomic E-state index is 11.4. The van der Waals surface area contributed by atoms with Crippen molar-refractivity contribution in [3.8, 4) is 0 Å². The van der Waals surface area contributed by atoms with E-state index in [2.05, 4.69) is 10.3 Å². The molecule has 5 nitrogen and oxygen atoms in total. The molecular weight excluding hydrogens is 232 g/mol. The van der Waals surface area contributed by atoms with Crippen molar-refractivity contribution in [2.75, 3.05) is 13.2 Å². The van der Waals surface area contributed by atoms with Crippen LogP contribution in [0.4, 0.5) is 0 Å². The van der Waals surface area contributed by atoms with Gasteiger partial charge in [-0.1, -0.05) is 6.07 Å². The topological polar surface area (TPSA) is 68.3 Å². The standard InChI is InChI=1S/C13H16N2O3/c1-2-18-13(17)7-9-15-12(16)6-5-11-4-3-8-14-10-11/h3-6,8,10H,2,7,9H2,1H3,(H,15,16)/b6-5+. The molecule has 0 aliphatic carbocycles. The van der Waals surface area contributed by atoms with E-state index in [1.54, 1.807) is 31.5 Å². The van der Waals surface area contributed by atoms with Crippen LogP contribution in [0.3, 0.4) is 0 Å². The lowest BCUT2D eigenvalue weighted by Gasteiger charge is -2.02. The first-order valence-corrected chi connectivity index (χ1v) is 5.74. The van der Waals surface area contributed by atoms with E-state index >= 15 is 0 Å². The molecule has 0 saturated carbocycles. The van der Waals surface area contributed by atoms with Gasteiger partial charge < -0.3 is 10.1 Å². The number of nitrogens with one attached hydrogen (secondary N) is 1. The minimum Gasteiger partial charge on any atom is -0.466 e. The van der Waals surface area contributed by atoms with Gasteiger partial charge in [-0.25, -0.2) is 0 Å². The third kappa shape index (κ3) is 5.79. The predicted octanol–water partition coefficient (Wildman–Crippen LogP) is 1.16. The third-order valence-electron chi connectivity index (χ3n) is 2.05. The summed E-state index contributed by atoms with van der Waals surface area (Å²) in [6, 6.07) is 3.63. The second-order valence-electron chi connectivity index (χ2n) is 3.47. The third-order valence-corrected chi connectivity index (χ3v) is 2.05. The maximum absolute atomic E-state index is 11.4. The Balaban J connectivity index is 2.26. The first kappa shape index (κ1) is 13.9. The minimum absolute atomic E-state index is 0.181. The van der Waals surface area contributed by atoms with Crippen LogP contribution in [0.15, 0.2) is 30.6 Å². The molecule has 1 rings (SSSR count). The molecule has 18 heavy (non-hydrogen) atoms. The molecule has 5 heteroatoms. The van der Waals surface area contributed by atoms with Crippen molar-refractivity contribution in [2.45, 2.75) is 13.3 Å². The molecule has 1 amide bonds. The Hall–Kier alpha value is -2.17. The summed E-state index contributed by atoms with van der Waals surface area (Å²) in [5, 5.41) is 2.60. The van der Waals surface area contributed by atoms with E-state index in [-0.39, 0.29) is 24.8 Å². The van der Waals surface area contributed by atoms with Gasteiger partial charge in [-0.3, -0.25) is 14.6 Å². The molecule has 1 aromatic heterocycles. The lowest BCUT2D eigenvalue weighted by atomic mass is 10.2. The van der Waals surface area contributed by atoms with Crippen LogP contribution in [-0.2, 0) is 14.3 Å². The van der Waals surface area contributed by atoms with Crippen LogP contribution in [0.25, 0.3) is 6.08 Å². The molecule has 0 unspecified atom stereocenters. The fraction of sp³-hybridized carbons (Fsp3) is 0.308. The monoisotopic (exact) mass is 248 g/mol. The van der Waals surface area contributed by atoms with Crippen molar-refractivity contribution in [2.24, 2.45) is 0 Å². The number of carbonyl (C=O) groups is 2. The van der Waals surface area contributed by atoms with Gasteiger partial charge in [0, 0.05) is 25.0 Å². The van der Waals surface area contributed by atoms with E-state index in [4.69, 9.17) is 4.74 Å². The molecule has 0 aliphatic rings. The summed E-state index contributed by atoms with van der Waals surface area (Å²) >= 11 is 0. The largest absolute Gasteiger partial charge is 0.466 e. The quantitative estimate of drug-likeness (QED) is 0.606. The molecule has 96 valence electrons. The van der Waals surface area contributed by atoms with E-state index in [0.29, 0.717) is 6.61 Å². The number of hydrogen-bond donors (Lipinski definition) is 1. The van der Waals surface area contributed by atoms with Gasteiger partial charge >= 0.3 is 5.97 Å². The average Bonchev–Trinajstić information content (AvgIpc) is 2.38. The SMILES string of the molecule is CCOC(=O)CCNC(=O)/C=C/c1cccnc1. The van der Waals surface area contributed by atoms with Crippen LogP contribution in [0, 0.1) is 0 Å². The zero-order valence-electron chi connectivity index (χ0n) is 10.3. The highest BCUT2D eigenvalue weighted by atomic mass is 16.5. The van der Waals surface area contributed by atoms with E-state index in [1.807, 2.05) is 6.07 Å².